The van der Waals surface area contributed by atoms with Crippen LogP contribution in [0.1, 0.15) is 0 Å². The smallest absolute Gasteiger partial charge is 0.292 e. The van der Waals surface area contributed by atoms with Crippen LogP contribution in [0.15, 0.2) is 24.3 Å². The number of nitrogens with one attached hydrogen (secondary N) is 1. The maximum absolute atomic E-state index is 10.9. The number of anilines is 1. The molecule has 1 aliphatic heterocycles. The van der Waals surface area contributed by atoms with Crippen molar-refractivity contribution < 1.29 is 30.1 Å². The summed E-state index contributed by atoms with van der Waals surface area (Å²) in [6.45, 7) is -0.569. The maximum atomic E-state index is 10.9. The third-order valence-corrected chi connectivity index (χ3v) is 3.29. The highest BCUT2D eigenvalue weighted by Gasteiger charge is 2.43. The van der Waals surface area contributed by atoms with Crippen LogP contribution in [0.3, 0.4) is 0 Å². The summed E-state index contributed by atoms with van der Waals surface area (Å²) in [5.74, 6) is 0. The van der Waals surface area contributed by atoms with Gasteiger partial charge in [-0.05, 0) is 6.07 Å². The van der Waals surface area contributed by atoms with Crippen molar-refractivity contribution in [2.75, 3.05) is 11.9 Å². The van der Waals surface area contributed by atoms with Gasteiger partial charge in [-0.3, -0.25) is 10.1 Å². The number of benzene rings is 1. The zero-order valence-electron chi connectivity index (χ0n) is 10.9. The molecule has 5 atom stereocenters. The topological polar surface area (TPSA) is 145 Å². The molecule has 0 amide bonds. The van der Waals surface area contributed by atoms with Gasteiger partial charge in [-0.25, -0.2) is 0 Å². The van der Waals surface area contributed by atoms with Crippen molar-refractivity contribution in [2.45, 2.75) is 30.6 Å². The van der Waals surface area contributed by atoms with Gasteiger partial charge in [0.2, 0.25) is 0 Å². The Labute approximate surface area is 119 Å². The van der Waals surface area contributed by atoms with Crippen molar-refractivity contribution in [3.05, 3.63) is 34.4 Å². The van der Waals surface area contributed by atoms with E-state index in [1.807, 2.05) is 0 Å². The molecule has 1 saturated heterocycles. The average molecular weight is 300 g/mol. The Morgan fingerprint density at radius 1 is 1.19 bits per heavy atom. The van der Waals surface area contributed by atoms with Crippen LogP contribution in [-0.4, -0.2) is 62.6 Å². The lowest BCUT2D eigenvalue weighted by Crippen LogP contribution is -2.60. The molecule has 0 saturated carbocycles. The van der Waals surface area contributed by atoms with Crippen molar-refractivity contribution in [3.63, 3.8) is 0 Å². The summed E-state index contributed by atoms with van der Waals surface area (Å²) in [7, 11) is 0. The van der Waals surface area contributed by atoms with E-state index in [2.05, 4.69) is 5.32 Å². The van der Waals surface area contributed by atoms with E-state index in [0.717, 1.165) is 0 Å². The van der Waals surface area contributed by atoms with Crippen molar-refractivity contribution >= 4 is 11.4 Å². The van der Waals surface area contributed by atoms with E-state index < -0.39 is 42.2 Å². The molecule has 0 aliphatic carbocycles. The number of aliphatic hydroxyl groups excluding tert-OH is 4. The Bertz CT molecular complexity index is 510. The number of aliphatic hydroxyl groups is 4. The minimum atomic E-state index is -1.55. The van der Waals surface area contributed by atoms with Gasteiger partial charge in [-0.2, -0.15) is 0 Å². The quantitative estimate of drug-likeness (QED) is 0.344. The van der Waals surface area contributed by atoms with E-state index in [1.54, 1.807) is 6.07 Å². The molecule has 1 heterocycles. The van der Waals surface area contributed by atoms with Crippen molar-refractivity contribution in [1.29, 1.82) is 0 Å². The third kappa shape index (κ3) is 3.12. The number of nitrogens with zero attached hydrogens (tertiary/aromatic N) is 1. The highest BCUT2D eigenvalue weighted by atomic mass is 16.6. The van der Waals surface area contributed by atoms with Crippen LogP contribution < -0.4 is 5.32 Å². The monoisotopic (exact) mass is 300 g/mol. The van der Waals surface area contributed by atoms with Gasteiger partial charge < -0.3 is 30.5 Å². The number of nitro benzene ring substituents is 1. The fourth-order valence-corrected chi connectivity index (χ4v) is 2.13. The summed E-state index contributed by atoms with van der Waals surface area (Å²) < 4.78 is 5.23. The molecule has 0 spiro atoms. The van der Waals surface area contributed by atoms with E-state index in [-0.39, 0.29) is 11.4 Å². The Morgan fingerprint density at radius 3 is 2.48 bits per heavy atom. The molecule has 0 unspecified atom stereocenters. The summed E-state index contributed by atoms with van der Waals surface area (Å²) in [6, 6.07) is 5.72. The Morgan fingerprint density at radius 2 is 1.86 bits per heavy atom. The third-order valence-electron chi connectivity index (χ3n) is 3.29. The van der Waals surface area contributed by atoms with Crippen LogP contribution in [-0.2, 0) is 4.74 Å². The number of nitro groups is 1. The SMILES string of the molecule is O=[N+]([O-])c1ccccc1N[C@@H]1O[C@@H](CO)[C@@H](O)[C@@H](O)[C@H]1O. The van der Waals surface area contributed by atoms with Crippen molar-refractivity contribution in [1.82, 2.24) is 0 Å². The van der Waals surface area contributed by atoms with Crippen LogP contribution in [0.25, 0.3) is 0 Å². The van der Waals surface area contributed by atoms with E-state index in [1.165, 1.54) is 18.2 Å². The van der Waals surface area contributed by atoms with Gasteiger partial charge in [0.05, 0.1) is 11.5 Å². The van der Waals surface area contributed by atoms with Crippen LogP contribution in [0.5, 0.6) is 0 Å². The number of hydrogen-bond acceptors (Lipinski definition) is 8. The zero-order chi connectivity index (χ0) is 15.6. The minimum Gasteiger partial charge on any atom is -0.394 e. The predicted molar refractivity (Wildman–Crippen MR) is 70.5 cm³/mol. The number of rotatable bonds is 4. The second-order valence-electron chi connectivity index (χ2n) is 4.67. The standard InChI is InChI=1S/C12H16N2O7/c15-5-8-9(16)10(17)11(18)12(21-8)13-6-3-1-2-4-7(6)14(19)20/h1-4,8-13,15-18H,5H2/t8-,9+,10+,11+,12+/m0/s1. The van der Waals surface area contributed by atoms with Gasteiger partial charge >= 0.3 is 0 Å². The zero-order valence-corrected chi connectivity index (χ0v) is 10.9. The summed E-state index contributed by atoms with van der Waals surface area (Å²) in [5, 5.41) is 51.8. The average Bonchev–Trinajstić information content (AvgIpc) is 2.48. The molecule has 1 aromatic rings. The molecule has 1 aliphatic rings. The molecule has 116 valence electrons. The highest BCUT2D eigenvalue weighted by Crippen LogP contribution is 2.28. The van der Waals surface area contributed by atoms with E-state index >= 15 is 0 Å². The molecule has 1 fully saturated rings. The fraction of sp³-hybridized carbons (Fsp3) is 0.500. The Kier molecular flexibility index (Phi) is 4.70. The molecule has 21 heavy (non-hydrogen) atoms. The van der Waals surface area contributed by atoms with Crippen LogP contribution in [0, 0.1) is 10.1 Å². The summed E-state index contributed by atoms with van der Waals surface area (Å²) in [5.41, 5.74) is -0.138. The first-order valence-electron chi connectivity index (χ1n) is 6.26. The molecule has 9 nitrogen and oxygen atoms in total. The largest absolute Gasteiger partial charge is 0.394 e. The molecule has 0 aromatic heterocycles. The Balaban J connectivity index is 2.20. The van der Waals surface area contributed by atoms with Gasteiger partial charge in [0.15, 0.2) is 6.23 Å². The fourth-order valence-electron chi connectivity index (χ4n) is 2.13. The highest BCUT2D eigenvalue weighted by molar-refractivity contribution is 5.61. The number of hydrogen-bond donors (Lipinski definition) is 5. The second kappa shape index (κ2) is 6.33. The molecule has 5 N–H and O–H groups in total. The number of para-hydroxylation sites is 2. The minimum absolute atomic E-state index is 0.0897. The molecular weight excluding hydrogens is 284 g/mol. The van der Waals surface area contributed by atoms with E-state index in [9.17, 15) is 25.4 Å². The lowest BCUT2D eigenvalue weighted by atomic mass is 9.98. The second-order valence-corrected chi connectivity index (χ2v) is 4.67. The van der Waals surface area contributed by atoms with Gasteiger partial charge in [0.25, 0.3) is 5.69 Å². The first-order chi connectivity index (χ1) is 9.95. The molecule has 1 aromatic carbocycles. The van der Waals surface area contributed by atoms with Crippen molar-refractivity contribution in [3.8, 4) is 0 Å². The maximum Gasteiger partial charge on any atom is 0.292 e. The van der Waals surface area contributed by atoms with Crippen molar-refractivity contribution in [2.24, 2.45) is 0 Å². The normalized spacial score (nSPS) is 32.7. The number of ether oxygens (including phenoxy) is 1. The lowest BCUT2D eigenvalue weighted by molar-refractivity contribution is -0.384. The van der Waals surface area contributed by atoms with E-state index in [4.69, 9.17) is 9.84 Å². The first kappa shape index (κ1) is 15.6. The van der Waals surface area contributed by atoms with E-state index in [0.29, 0.717) is 0 Å². The van der Waals surface area contributed by atoms with Crippen LogP contribution >= 0.6 is 0 Å². The lowest BCUT2D eigenvalue weighted by Gasteiger charge is -2.40. The summed E-state index contributed by atoms with van der Waals surface area (Å²) in [6.07, 6.45) is -6.82. The molecule has 9 heteroatoms. The summed E-state index contributed by atoms with van der Waals surface area (Å²) in [4.78, 5) is 10.3. The molecule has 0 bridgehead atoms. The summed E-state index contributed by atoms with van der Waals surface area (Å²) >= 11 is 0. The van der Waals surface area contributed by atoms with Gasteiger partial charge in [0, 0.05) is 6.07 Å². The van der Waals surface area contributed by atoms with Crippen LogP contribution in [0.4, 0.5) is 11.4 Å². The van der Waals surface area contributed by atoms with Gasteiger partial charge in [0.1, 0.15) is 30.1 Å². The molecular formula is C12H16N2O7. The van der Waals surface area contributed by atoms with Crippen LogP contribution in [0.2, 0.25) is 0 Å². The Hall–Kier alpha value is -1.78. The predicted octanol–water partition coefficient (Wildman–Crippen LogP) is -1.19. The van der Waals surface area contributed by atoms with Gasteiger partial charge in [-0.15, -0.1) is 0 Å². The molecule has 0 radical (unpaired) electrons. The molecule has 2 rings (SSSR count). The first-order valence-corrected chi connectivity index (χ1v) is 6.26. The van der Waals surface area contributed by atoms with Gasteiger partial charge in [-0.1, -0.05) is 12.1 Å².